The minimum Gasteiger partial charge on any atom is -0.491 e. The fraction of sp³-hybridized carbons (Fsp3) is 0.370. The van der Waals surface area contributed by atoms with Gasteiger partial charge in [0.15, 0.2) is 0 Å². The van der Waals surface area contributed by atoms with Crippen molar-refractivity contribution in [3.8, 4) is 17.4 Å². The first-order valence-electron chi connectivity index (χ1n) is 11.6. The smallest absolute Gasteiger partial charge is 0.408 e. The first kappa shape index (κ1) is 25.8. The molecule has 0 aliphatic heterocycles. The van der Waals surface area contributed by atoms with Crippen LogP contribution in [0.5, 0.6) is 17.4 Å². The van der Waals surface area contributed by atoms with Crippen molar-refractivity contribution in [2.24, 2.45) is 0 Å². The number of rotatable bonds is 8. The Morgan fingerprint density at radius 1 is 0.943 bits per heavy atom. The third-order valence-electron chi connectivity index (χ3n) is 4.78. The number of alkyl carbamates (subject to hydrolysis) is 1. The first-order valence-corrected chi connectivity index (χ1v) is 11.6. The van der Waals surface area contributed by atoms with Crippen molar-refractivity contribution in [1.82, 2.24) is 15.6 Å². The second kappa shape index (κ2) is 11.1. The molecular formula is C27H33N3O5. The van der Waals surface area contributed by atoms with Crippen molar-refractivity contribution in [2.45, 2.75) is 59.3 Å². The maximum atomic E-state index is 12.2. The fourth-order valence-electron chi connectivity index (χ4n) is 3.27. The summed E-state index contributed by atoms with van der Waals surface area (Å²) in [6.07, 6.45) is -0.520. The Morgan fingerprint density at radius 3 is 2.29 bits per heavy atom. The molecule has 0 aliphatic rings. The molecule has 0 bridgehead atoms. The van der Waals surface area contributed by atoms with Gasteiger partial charge in [0, 0.05) is 11.5 Å². The summed E-state index contributed by atoms with van der Waals surface area (Å²) < 4.78 is 16.7. The van der Waals surface area contributed by atoms with E-state index in [1.165, 1.54) is 0 Å². The predicted octanol–water partition coefficient (Wildman–Crippen LogP) is 5.52. The van der Waals surface area contributed by atoms with Crippen molar-refractivity contribution in [2.75, 3.05) is 6.54 Å². The lowest BCUT2D eigenvalue weighted by molar-refractivity contribution is -0.120. The van der Waals surface area contributed by atoms with E-state index in [0.29, 0.717) is 11.6 Å². The molecule has 2 amide bonds. The number of aromatic nitrogens is 1. The number of hydrogen-bond donors (Lipinski definition) is 2. The minimum absolute atomic E-state index is 0.110. The molecule has 0 spiro atoms. The van der Waals surface area contributed by atoms with Crippen molar-refractivity contribution in [1.29, 1.82) is 0 Å². The van der Waals surface area contributed by atoms with Crippen molar-refractivity contribution in [3.63, 3.8) is 0 Å². The molecule has 2 N–H and O–H groups in total. The van der Waals surface area contributed by atoms with Crippen LogP contribution in [0.1, 0.15) is 53.1 Å². The van der Waals surface area contributed by atoms with E-state index in [9.17, 15) is 9.59 Å². The minimum atomic E-state index is -0.630. The summed E-state index contributed by atoms with van der Waals surface area (Å²) >= 11 is 0. The Hall–Kier alpha value is -3.81. The molecule has 3 aromatic rings. The first-order chi connectivity index (χ1) is 16.5. The fourth-order valence-corrected chi connectivity index (χ4v) is 3.27. The zero-order valence-electron chi connectivity index (χ0n) is 21.0. The monoisotopic (exact) mass is 479 g/mol. The average molecular weight is 480 g/mol. The molecule has 1 heterocycles. The molecule has 1 unspecified atom stereocenters. The third kappa shape index (κ3) is 8.17. The zero-order valence-corrected chi connectivity index (χ0v) is 21.0. The van der Waals surface area contributed by atoms with Gasteiger partial charge in [0.25, 0.3) is 0 Å². The molecule has 35 heavy (non-hydrogen) atoms. The Labute approximate surface area is 206 Å². The standard InChI is InChI=1S/C27H33N3O5/c1-17(2)33-21-9-11-22(12-10-21)34-25-14-8-20-15-19(7-13-23(20)30-25)18(3)29-24(31)16-28-26(32)35-27(4,5)6/h7-15,17-18H,16H2,1-6H3,(H,28,32)(H,29,31). The Bertz CT molecular complexity index is 1170. The Balaban J connectivity index is 1.59. The summed E-state index contributed by atoms with van der Waals surface area (Å²) in [4.78, 5) is 28.5. The lowest BCUT2D eigenvalue weighted by Gasteiger charge is -2.20. The molecule has 1 atom stereocenters. The van der Waals surface area contributed by atoms with E-state index < -0.39 is 11.7 Å². The second-order valence-electron chi connectivity index (χ2n) is 9.49. The summed E-state index contributed by atoms with van der Waals surface area (Å²) in [7, 11) is 0. The van der Waals surface area contributed by atoms with Crippen molar-refractivity contribution in [3.05, 3.63) is 60.2 Å². The molecule has 0 saturated carbocycles. The molecule has 2 aromatic carbocycles. The number of pyridine rings is 1. The van der Waals surface area contributed by atoms with Crippen LogP contribution < -0.4 is 20.1 Å². The van der Waals surface area contributed by atoms with E-state index in [1.54, 1.807) is 26.8 Å². The van der Waals surface area contributed by atoms with Crippen molar-refractivity contribution < 1.29 is 23.8 Å². The molecule has 8 nitrogen and oxygen atoms in total. The molecule has 0 fully saturated rings. The number of nitrogens with zero attached hydrogens (tertiary/aromatic N) is 1. The van der Waals surface area contributed by atoms with Crippen LogP contribution >= 0.6 is 0 Å². The summed E-state index contributed by atoms with van der Waals surface area (Å²) in [5.41, 5.74) is 1.07. The second-order valence-corrected chi connectivity index (χ2v) is 9.49. The maximum absolute atomic E-state index is 12.2. The Kier molecular flexibility index (Phi) is 8.17. The van der Waals surface area contributed by atoms with E-state index in [-0.39, 0.29) is 24.6 Å². The lowest BCUT2D eigenvalue weighted by atomic mass is 10.1. The molecular weight excluding hydrogens is 446 g/mol. The van der Waals surface area contributed by atoms with E-state index in [4.69, 9.17) is 14.2 Å². The normalized spacial score (nSPS) is 12.2. The van der Waals surface area contributed by atoms with Gasteiger partial charge in [0.1, 0.15) is 23.6 Å². The highest BCUT2D eigenvalue weighted by atomic mass is 16.6. The topological polar surface area (TPSA) is 98.8 Å². The van der Waals surface area contributed by atoms with Gasteiger partial charge in [-0.1, -0.05) is 6.07 Å². The van der Waals surface area contributed by atoms with E-state index in [0.717, 1.165) is 22.2 Å². The molecule has 0 saturated heterocycles. The summed E-state index contributed by atoms with van der Waals surface area (Å²) in [5.74, 6) is 1.63. The van der Waals surface area contributed by atoms with Gasteiger partial charge < -0.3 is 24.8 Å². The highest BCUT2D eigenvalue weighted by Gasteiger charge is 2.17. The van der Waals surface area contributed by atoms with Crippen LogP contribution in [0, 0.1) is 0 Å². The van der Waals surface area contributed by atoms with Gasteiger partial charge >= 0.3 is 6.09 Å². The quantitative estimate of drug-likeness (QED) is 0.442. The molecule has 8 heteroatoms. The Morgan fingerprint density at radius 2 is 1.63 bits per heavy atom. The highest BCUT2D eigenvalue weighted by molar-refractivity contribution is 5.83. The predicted molar refractivity (Wildman–Crippen MR) is 135 cm³/mol. The van der Waals surface area contributed by atoms with Crippen LogP contribution in [0.2, 0.25) is 0 Å². The van der Waals surface area contributed by atoms with Gasteiger partial charge in [-0.05, 0) is 89.6 Å². The average Bonchev–Trinajstić information content (AvgIpc) is 2.77. The molecule has 3 rings (SSSR count). The van der Waals surface area contributed by atoms with Crippen LogP contribution in [-0.4, -0.2) is 35.2 Å². The van der Waals surface area contributed by atoms with Gasteiger partial charge in [0.05, 0.1) is 17.7 Å². The number of nitrogens with one attached hydrogen (secondary N) is 2. The van der Waals surface area contributed by atoms with Gasteiger partial charge in [-0.15, -0.1) is 0 Å². The number of fused-ring (bicyclic) bond motifs is 1. The van der Waals surface area contributed by atoms with Crippen LogP contribution in [-0.2, 0) is 9.53 Å². The molecule has 0 radical (unpaired) electrons. The third-order valence-corrected chi connectivity index (χ3v) is 4.78. The van der Waals surface area contributed by atoms with Gasteiger partial charge in [-0.2, -0.15) is 0 Å². The van der Waals surface area contributed by atoms with Gasteiger partial charge in [0.2, 0.25) is 11.8 Å². The van der Waals surface area contributed by atoms with Crippen LogP contribution in [0.3, 0.4) is 0 Å². The number of amides is 2. The summed E-state index contributed by atoms with van der Waals surface area (Å²) in [6, 6.07) is 16.6. The highest BCUT2D eigenvalue weighted by Crippen LogP contribution is 2.26. The SMILES string of the molecule is CC(C)Oc1ccc(Oc2ccc3cc(C(C)NC(=O)CNC(=O)OC(C)(C)C)ccc3n2)cc1. The number of carbonyl (C=O) groups is 2. The lowest BCUT2D eigenvalue weighted by Crippen LogP contribution is -2.40. The van der Waals surface area contributed by atoms with E-state index in [1.807, 2.05) is 69.3 Å². The molecule has 0 aliphatic carbocycles. The van der Waals surface area contributed by atoms with Gasteiger partial charge in [-0.25, -0.2) is 9.78 Å². The summed E-state index contributed by atoms with van der Waals surface area (Å²) in [5, 5.41) is 6.25. The van der Waals surface area contributed by atoms with Crippen LogP contribution in [0.25, 0.3) is 10.9 Å². The van der Waals surface area contributed by atoms with E-state index in [2.05, 4.69) is 15.6 Å². The number of benzene rings is 2. The van der Waals surface area contributed by atoms with Gasteiger partial charge in [-0.3, -0.25) is 4.79 Å². The van der Waals surface area contributed by atoms with Crippen LogP contribution in [0.4, 0.5) is 4.79 Å². The van der Waals surface area contributed by atoms with E-state index >= 15 is 0 Å². The number of ether oxygens (including phenoxy) is 3. The van der Waals surface area contributed by atoms with Crippen molar-refractivity contribution >= 4 is 22.9 Å². The van der Waals surface area contributed by atoms with Crippen LogP contribution in [0.15, 0.2) is 54.6 Å². The zero-order chi connectivity index (χ0) is 25.6. The largest absolute Gasteiger partial charge is 0.491 e. The maximum Gasteiger partial charge on any atom is 0.408 e. The number of carbonyl (C=O) groups excluding carboxylic acids is 2. The summed E-state index contributed by atoms with van der Waals surface area (Å²) in [6.45, 7) is 11.0. The molecule has 186 valence electrons. The number of hydrogen-bond acceptors (Lipinski definition) is 6. The molecule has 1 aromatic heterocycles.